The van der Waals surface area contributed by atoms with E-state index in [1.807, 2.05) is 0 Å². The number of carbonyl (C=O) groups is 2. The van der Waals surface area contributed by atoms with Crippen LogP contribution in [0.2, 0.25) is 5.15 Å². The molecule has 0 saturated heterocycles. The van der Waals surface area contributed by atoms with Crippen molar-refractivity contribution in [1.82, 2.24) is 4.98 Å². The Morgan fingerprint density at radius 1 is 1.24 bits per heavy atom. The van der Waals surface area contributed by atoms with Crippen LogP contribution in [0.5, 0.6) is 0 Å². The third-order valence-electron chi connectivity index (χ3n) is 2.77. The zero-order chi connectivity index (χ0) is 15.4. The van der Waals surface area contributed by atoms with Crippen LogP contribution in [0.15, 0.2) is 36.4 Å². The molecule has 3 N–H and O–H groups in total. The second-order valence-corrected chi connectivity index (χ2v) is 5.00. The van der Waals surface area contributed by atoms with Crippen LogP contribution in [0, 0.1) is 6.92 Å². The van der Waals surface area contributed by atoms with E-state index < -0.39 is 5.91 Å². The molecular weight excluding hydrogens is 290 g/mol. The molecule has 0 bridgehead atoms. The number of amides is 2. The lowest BCUT2D eigenvalue weighted by Gasteiger charge is -2.07. The molecular formula is C15H14ClN3O2. The number of aryl methyl sites for hydroxylation is 1. The monoisotopic (exact) mass is 303 g/mol. The minimum atomic E-state index is -0.395. The number of primary amides is 1. The highest BCUT2D eigenvalue weighted by Crippen LogP contribution is 2.14. The van der Waals surface area contributed by atoms with Crippen molar-refractivity contribution in [3.8, 4) is 0 Å². The van der Waals surface area contributed by atoms with E-state index in [-0.39, 0.29) is 17.5 Å². The number of nitrogens with zero attached hydrogens (tertiary/aromatic N) is 1. The zero-order valence-corrected chi connectivity index (χ0v) is 12.1. The maximum atomic E-state index is 12.1. The third-order valence-corrected chi connectivity index (χ3v) is 2.97. The van der Waals surface area contributed by atoms with Crippen LogP contribution in [-0.2, 0) is 11.2 Å². The normalized spacial score (nSPS) is 10.2. The number of halogens is 1. The Morgan fingerprint density at radius 2 is 1.90 bits per heavy atom. The number of pyridine rings is 1. The molecule has 0 unspecified atom stereocenters. The predicted molar refractivity (Wildman–Crippen MR) is 81.3 cm³/mol. The summed E-state index contributed by atoms with van der Waals surface area (Å²) in [5, 5.41) is 3.03. The van der Waals surface area contributed by atoms with E-state index >= 15 is 0 Å². The van der Waals surface area contributed by atoms with Gasteiger partial charge in [-0.25, -0.2) is 4.98 Å². The topological polar surface area (TPSA) is 85.1 Å². The Morgan fingerprint density at radius 3 is 2.48 bits per heavy atom. The molecule has 5 nitrogen and oxygen atoms in total. The molecule has 0 saturated carbocycles. The molecule has 0 fully saturated rings. The van der Waals surface area contributed by atoms with Crippen LogP contribution < -0.4 is 11.1 Å². The average molecular weight is 304 g/mol. The number of aromatic nitrogens is 1. The molecule has 21 heavy (non-hydrogen) atoms. The minimum absolute atomic E-state index is 0.174. The van der Waals surface area contributed by atoms with E-state index in [2.05, 4.69) is 10.3 Å². The maximum absolute atomic E-state index is 12.1. The Kier molecular flexibility index (Phi) is 4.55. The van der Waals surface area contributed by atoms with Crippen molar-refractivity contribution < 1.29 is 9.59 Å². The van der Waals surface area contributed by atoms with E-state index in [4.69, 9.17) is 17.3 Å². The predicted octanol–water partition coefficient (Wildman–Crippen LogP) is 2.32. The second kappa shape index (κ2) is 6.37. The summed E-state index contributed by atoms with van der Waals surface area (Å²) in [4.78, 5) is 26.9. The first kappa shape index (κ1) is 15.0. The van der Waals surface area contributed by atoms with Crippen molar-refractivity contribution in [3.63, 3.8) is 0 Å². The smallest absolute Gasteiger partial charge is 0.255 e. The van der Waals surface area contributed by atoms with Gasteiger partial charge in [0.2, 0.25) is 5.91 Å². The number of anilines is 1. The number of nitrogens with two attached hydrogens (primary N) is 1. The summed E-state index contributed by atoms with van der Waals surface area (Å²) in [5.41, 5.74) is 7.65. The van der Waals surface area contributed by atoms with Gasteiger partial charge in [-0.05, 0) is 36.8 Å². The van der Waals surface area contributed by atoms with Gasteiger partial charge < -0.3 is 11.1 Å². The number of rotatable bonds is 4. The third kappa shape index (κ3) is 4.29. The number of hydrogen-bond donors (Lipinski definition) is 2. The molecule has 1 heterocycles. The van der Waals surface area contributed by atoms with Crippen molar-refractivity contribution in [2.45, 2.75) is 13.3 Å². The van der Waals surface area contributed by atoms with E-state index in [1.165, 1.54) is 6.07 Å². The van der Waals surface area contributed by atoms with Crippen molar-refractivity contribution in [2.24, 2.45) is 5.73 Å². The summed E-state index contributed by atoms with van der Waals surface area (Å²) in [6, 6.07) is 10.1. The Hall–Kier alpha value is -2.40. The van der Waals surface area contributed by atoms with Crippen molar-refractivity contribution in [2.75, 3.05) is 5.32 Å². The van der Waals surface area contributed by atoms with Gasteiger partial charge in [0.15, 0.2) is 0 Å². The molecule has 2 rings (SSSR count). The van der Waals surface area contributed by atoms with Gasteiger partial charge in [-0.1, -0.05) is 23.7 Å². The van der Waals surface area contributed by atoms with Crippen LogP contribution in [0.25, 0.3) is 0 Å². The molecule has 2 aromatic rings. The Bertz CT molecular complexity index is 664. The molecule has 1 aromatic heterocycles. The molecule has 6 heteroatoms. The van der Waals surface area contributed by atoms with Crippen LogP contribution in [0.4, 0.5) is 5.69 Å². The number of carbonyl (C=O) groups excluding carboxylic acids is 2. The first-order chi connectivity index (χ1) is 9.94. The number of hydrogen-bond acceptors (Lipinski definition) is 3. The number of nitrogens with one attached hydrogen (secondary N) is 1. The van der Waals surface area contributed by atoms with Crippen LogP contribution in [-0.4, -0.2) is 16.8 Å². The molecule has 1 aromatic carbocycles. The van der Waals surface area contributed by atoms with Gasteiger partial charge in [-0.2, -0.15) is 0 Å². The summed E-state index contributed by atoms with van der Waals surface area (Å²) in [6.45, 7) is 1.77. The highest BCUT2D eigenvalue weighted by Gasteiger charge is 2.08. The lowest BCUT2D eigenvalue weighted by atomic mass is 10.1. The van der Waals surface area contributed by atoms with Gasteiger partial charge in [0.25, 0.3) is 5.91 Å². The van der Waals surface area contributed by atoms with Gasteiger partial charge in [-0.15, -0.1) is 0 Å². The van der Waals surface area contributed by atoms with Crippen molar-refractivity contribution in [3.05, 3.63) is 58.4 Å². The first-order valence-electron chi connectivity index (χ1n) is 6.27. The van der Waals surface area contributed by atoms with Crippen molar-refractivity contribution in [1.29, 1.82) is 0 Å². The zero-order valence-electron chi connectivity index (χ0n) is 11.4. The molecule has 0 aliphatic rings. The summed E-state index contributed by atoms with van der Waals surface area (Å²) < 4.78 is 0. The summed E-state index contributed by atoms with van der Waals surface area (Å²) in [5.74, 6) is -0.668. The first-order valence-corrected chi connectivity index (χ1v) is 6.64. The molecule has 0 spiro atoms. The van der Waals surface area contributed by atoms with Crippen LogP contribution in [0.1, 0.15) is 21.6 Å². The maximum Gasteiger partial charge on any atom is 0.255 e. The average Bonchev–Trinajstić information content (AvgIpc) is 2.39. The summed E-state index contributed by atoms with van der Waals surface area (Å²) >= 11 is 5.83. The summed E-state index contributed by atoms with van der Waals surface area (Å²) in [7, 11) is 0. The molecule has 0 aliphatic carbocycles. The van der Waals surface area contributed by atoms with Gasteiger partial charge >= 0.3 is 0 Å². The fraction of sp³-hybridized carbons (Fsp3) is 0.133. The van der Waals surface area contributed by atoms with E-state index in [1.54, 1.807) is 37.3 Å². The van der Waals surface area contributed by atoms with Crippen LogP contribution in [0.3, 0.4) is 0 Å². The fourth-order valence-electron chi connectivity index (χ4n) is 1.87. The molecule has 0 atom stereocenters. The second-order valence-electron chi connectivity index (χ2n) is 4.61. The fourth-order valence-corrected chi connectivity index (χ4v) is 2.12. The number of benzene rings is 1. The molecule has 2 amide bonds. The quantitative estimate of drug-likeness (QED) is 0.850. The van der Waals surface area contributed by atoms with Gasteiger partial charge in [0, 0.05) is 16.9 Å². The highest BCUT2D eigenvalue weighted by molar-refractivity contribution is 6.29. The van der Waals surface area contributed by atoms with E-state index in [0.29, 0.717) is 16.9 Å². The van der Waals surface area contributed by atoms with Crippen molar-refractivity contribution >= 4 is 29.1 Å². The Labute approximate surface area is 127 Å². The van der Waals surface area contributed by atoms with Crippen LogP contribution >= 0.6 is 11.6 Å². The standard InChI is InChI=1S/C15H14ClN3O2/c1-9-6-11(8-13(16)18-9)15(21)19-12-4-2-10(3-5-12)7-14(17)20/h2-6,8H,7H2,1H3,(H2,17,20)(H,19,21). The molecule has 0 radical (unpaired) electrons. The molecule has 108 valence electrons. The SMILES string of the molecule is Cc1cc(C(=O)Nc2ccc(CC(N)=O)cc2)cc(Cl)n1. The lowest BCUT2D eigenvalue weighted by molar-refractivity contribution is -0.117. The van der Waals surface area contributed by atoms with E-state index in [9.17, 15) is 9.59 Å². The van der Waals surface area contributed by atoms with Gasteiger partial charge in [-0.3, -0.25) is 9.59 Å². The van der Waals surface area contributed by atoms with Gasteiger partial charge in [0.05, 0.1) is 6.42 Å². The minimum Gasteiger partial charge on any atom is -0.369 e. The lowest BCUT2D eigenvalue weighted by Crippen LogP contribution is -2.14. The van der Waals surface area contributed by atoms with Gasteiger partial charge in [0.1, 0.15) is 5.15 Å². The summed E-state index contributed by atoms with van der Waals surface area (Å²) in [6.07, 6.45) is 0.174. The highest BCUT2D eigenvalue weighted by atomic mass is 35.5. The Balaban J connectivity index is 2.10. The van der Waals surface area contributed by atoms with E-state index in [0.717, 1.165) is 5.56 Å². The molecule has 0 aliphatic heterocycles. The largest absolute Gasteiger partial charge is 0.369 e.